The van der Waals surface area contributed by atoms with Crippen LogP contribution in [0.15, 0.2) is 24.3 Å². The number of nitrogens with zero attached hydrogens (tertiary/aromatic N) is 2. The van der Waals surface area contributed by atoms with Gasteiger partial charge in [-0.2, -0.15) is 0 Å². The van der Waals surface area contributed by atoms with Crippen LogP contribution in [0.1, 0.15) is 18.9 Å². The number of benzene rings is 1. The van der Waals surface area contributed by atoms with Crippen molar-refractivity contribution in [3.05, 3.63) is 29.8 Å². The molecule has 0 saturated carbocycles. The third-order valence-corrected chi connectivity index (χ3v) is 3.87. The van der Waals surface area contributed by atoms with E-state index in [1.165, 1.54) is 0 Å². The minimum Gasteiger partial charge on any atom is -0.494 e. The molecule has 122 valence electrons. The normalized spacial score (nSPS) is 16.1. The third kappa shape index (κ3) is 5.31. The molecule has 0 aliphatic carbocycles. The van der Waals surface area contributed by atoms with Crippen molar-refractivity contribution in [1.82, 2.24) is 15.1 Å². The Labute approximate surface area is 133 Å². The van der Waals surface area contributed by atoms with Crippen molar-refractivity contribution >= 4 is 5.91 Å². The topological polar surface area (TPSA) is 44.8 Å². The van der Waals surface area contributed by atoms with E-state index >= 15 is 0 Å². The van der Waals surface area contributed by atoms with E-state index in [0.29, 0.717) is 19.7 Å². The molecule has 1 aromatic carbocycles. The maximum atomic E-state index is 12.3. The first-order valence-electron chi connectivity index (χ1n) is 8.08. The van der Waals surface area contributed by atoms with Gasteiger partial charge in [-0.15, -0.1) is 0 Å². The van der Waals surface area contributed by atoms with Gasteiger partial charge < -0.3 is 15.0 Å². The van der Waals surface area contributed by atoms with Crippen LogP contribution in [0, 0.1) is 0 Å². The van der Waals surface area contributed by atoms with E-state index in [1.54, 1.807) is 4.90 Å². The Bertz CT molecular complexity index is 453. The fourth-order valence-electron chi connectivity index (χ4n) is 2.59. The van der Waals surface area contributed by atoms with Crippen LogP contribution in [0.3, 0.4) is 0 Å². The van der Waals surface area contributed by atoms with Crippen LogP contribution in [0.4, 0.5) is 0 Å². The van der Waals surface area contributed by atoms with Crippen LogP contribution in [0.2, 0.25) is 0 Å². The Morgan fingerprint density at radius 1 is 1.27 bits per heavy atom. The van der Waals surface area contributed by atoms with Crippen LogP contribution in [0.5, 0.6) is 5.75 Å². The fraction of sp³-hybridized carbons (Fsp3) is 0.588. The molecule has 1 aromatic rings. The molecule has 0 radical (unpaired) electrons. The predicted octanol–water partition coefficient (Wildman–Crippen LogP) is 1.34. The SMILES string of the molecule is CCOc1ccc(CN(C)C(=O)CN2CCCNCC2)cc1. The molecular weight excluding hydrogens is 278 g/mol. The van der Waals surface area contributed by atoms with Crippen molar-refractivity contribution < 1.29 is 9.53 Å². The Hall–Kier alpha value is -1.59. The van der Waals surface area contributed by atoms with Gasteiger partial charge in [0.25, 0.3) is 0 Å². The zero-order valence-corrected chi connectivity index (χ0v) is 13.7. The van der Waals surface area contributed by atoms with E-state index < -0.39 is 0 Å². The minimum atomic E-state index is 0.177. The monoisotopic (exact) mass is 305 g/mol. The molecule has 5 heteroatoms. The van der Waals surface area contributed by atoms with Crippen LogP contribution >= 0.6 is 0 Å². The molecule has 0 aromatic heterocycles. The predicted molar refractivity (Wildman–Crippen MR) is 88.0 cm³/mol. The lowest BCUT2D eigenvalue weighted by molar-refractivity contribution is -0.131. The molecule has 5 nitrogen and oxygen atoms in total. The van der Waals surface area contributed by atoms with E-state index in [9.17, 15) is 4.79 Å². The number of carbonyl (C=O) groups excluding carboxylic acids is 1. The molecule has 0 unspecified atom stereocenters. The van der Waals surface area contributed by atoms with E-state index in [-0.39, 0.29) is 5.91 Å². The number of amides is 1. The lowest BCUT2D eigenvalue weighted by Crippen LogP contribution is -2.39. The minimum absolute atomic E-state index is 0.177. The third-order valence-electron chi connectivity index (χ3n) is 3.87. The van der Waals surface area contributed by atoms with E-state index in [2.05, 4.69) is 10.2 Å². The number of ether oxygens (including phenoxy) is 1. The van der Waals surface area contributed by atoms with E-state index in [4.69, 9.17) is 4.74 Å². The van der Waals surface area contributed by atoms with Crippen molar-refractivity contribution in [3.63, 3.8) is 0 Å². The molecule has 0 bridgehead atoms. The molecule has 0 atom stereocenters. The average Bonchev–Trinajstić information content (AvgIpc) is 2.78. The van der Waals surface area contributed by atoms with Gasteiger partial charge in [-0.05, 0) is 44.1 Å². The Morgan fingerprint density at radius 3 is 2.77 bits per heavy atom. The summed E-state index contributed by atoms with van der Waals surface area (Å²) < 4.78 is 5.43. The van der Waals surface area contributed by atoms with Crippen molar-refractivity contribution in [2.45, 2.75) is 19.9 Å². The molecule has 1 fully saturated rings. The Morgan fingerprint density at radius 2 is 2.05 bits per heavy atom. The largest absolute Gasteiger partial charge is 0.494 e. The first-order valence-corrected chi connectivity index (χ1v) is 8.08. The number of hydrogen-bond acceptors (Lipinski definition) is 4. The number of hydrogen-bond donors (Lipinski definition) is 1. The van der Waals surface area contributed by atoms with Crippen molar-refractivity contribution in [2.75, 3.05) is 46.4 Å². The van der Waals surface area contributed by atoms with E-state index in [0.717, 1.165) is 43.9 Å². The highest BCUT2D eigenvalue weighted by atomic mass is 16.5. The summed E-state index contributed by atoms with van der Waals surface area (Å²) in [5.74, 6) is 1.05. The smallest absolute Gasteiger partial charge is 0.236 e. The van der Waals surface area contributed by atoms with Gasteiger partial charge in [0.2, 0.25) is 5.91 Å². The average molecular weight is 305 g/mol. The molecule has 1 aliphatic rings. The van der Waals surface area contributed by atoms with Gasteiger partial charge in [-0.25, -0.2) is 0 Å². The number of nitrogens with one attached hydrogen (secondary N) is 1. The Balaban J connectivity index is 1.82. The lowest BCUT2D eigenvalue weighted by atomic mass is 10.2. The summed E-state index contributed by atoms with van der Waals surface area (Å²) in [6.07, 6.45) is 1.11. The van der Waals surface area contributed by atoms with Crippen LogP contribution in [-0.4, -0.2) is 62.1 Å². The van der Waals surface area contributed by atoms with Crippen molar-refractivity contribution in [3.8, 4) is 5.75 Å². The van der Waals surface area contributed by atoms with Crippen molar-refractivity contribution in [2.24, 2.45) is 0 Å². The van der Waals surface area contributed by atoms with Gasteiger partial charge in [0.05, 0.1) is 13.2 Å². The first-order chi connectivity index (χ1) is 10.7. The second-order valence-electron chi connectivity index (χ2n) is 5.71. The van der Waals surface area contributed by atoms with Gasteiger partial charge in [-0.1, -0.05) is 12.1 Å². The summed E-state index contributed by atoms with van der Waals surface area (Å²) in [5, 5.41) is 3.36. The number of rotatable bonds is 6. The highest BCUT2D eigenvalue weighted by molar-refractivity contribution is 5.78. The van der Waals surface area contributed by atoms with Gasteiger partial charge in [0.1, 0.15) is 5.75 Å². The van der Waals surface area contributed by atoms with Crippen LogP contribution in [-0.2, 0) is 11.3 Å². The van der Waals surface area contributed by atoms with Crippen LogP contribution in [0.25, 0.3) is 0 Å². The quantitative estimate of drug-likeness (QED) is 0.861. The molecule has 1 saturated heterocycles. The van der Waals surface area contributed by atoms with Crippen LogP contribution < -0.4 is 10.1 Å². The molecule has 22 heavy (non-hydrogen) atoms. The fourth-order valence-corrected chi connectivity index (χ4v) is 2.59. The van der Waals surface area contributed by atoms with Gasteiger partial charge >= 0.3 is 0 Å². The lowest BCUT2D eigenvalue weighted by Gasteiger charge is -2.23. The van der Waals surface area contributed by atoms with Crippen molar-refractivity contribution in [1.29, 1.82) is 0 Å². The standard InChI is InChI=1S/C17H27N3O2/c1-3-22-16-7-5-15(6-8-16)13-19(2)17(21)14-20-11-4-9-18-10-12-20/h5-8,18H,3-4,9-14H2,1-2H3. The summed E-state index contributed by atoms with van der Waals surface area (Å²) in [5.41, 5.74) is 1.12. The summed E-state index contributed by atoms with van der Waals surface area (Å²) in [6.45, 7) is 7.74. The molecule has 1 aliphatic heterocycles. The summed E-state index contributed by atoms with van der Waals surface area (Å²) in [6, 6.07) is 7.95. The zero-order valence-electron chi connectivity index (χ0n) is 13.7. The number of likely N-dealkylation sites (N-methyl/N-ethyl adjacent to an activating group) is 1. The second kappa shape index (κ2) is 8.76. The first kappa shape index (κ1) is 16.8. The maximum absolute atomic E-state index is 12.3. The zero-order chi connectivity index (χ0) is 15.8. The molecule has 1 amide bonds. The highest BCUT2D eigenvalue weighted by Gasteiger charge is 2.15. The van der Waals surface area contributed by atoms with Gasteiger partial charge in [0.15, 0.2) is 0 Å². The molecule has 1 heterocycles. The Kier molecular flexibility index (Phi) is 6.68. The maximum Gasteiger partial charge on any atom is 0.236 e. The molecule has 1 N–H and O–H groups in total. The van der Waals surface area contributed by atoms with E-state index in [1.807, 2.05) is 38.2 Å². The van der Waals surface area contributed by atoms with Gasteiger partial charge in [0, 0.05) is 26.7 Å². The highest BCUT2D eigenvalue weighted by Crippen LogP contribution is 2.13. The number of carbonyl (C=O) groups is 1. The molecule has 2 rings (SSSR count). The summed E-state index contributed by atoms with van der Waals surface area (Å²) in [7, 11) is 1.87. The second-order valence-corrected chi connectivity index (χ2v) is 5.71. The summed E-state index contributed by atoms with van der Waals surface area (Å²) in [4.78, 5) is 16.4. The molecule has 0 spiro atoms. The molecular formula is C17H27N3O2. The summed E-state index contributed by atoms with van der Waals surface area (Å²) >= 11 is 0. The van der Waals surface area contributed by atoms with Gasteiger partial charge in [-0.3, -0.25) is 9.69 Å².